The molecule has 2 fully saturated rings. The molecule has 4 aliphatic rings. The average Bonchev–Trinajstić information content (AvgIpc) is 4.12. The van der Waals surface area contributed by atoms with Crippen LogP contribution in [0.1, 0.15) is 61.3 Å². The van der Waals surface area contributed by atoms with Crippen LogP contribution in [-0.4, -0.2) is 174 Å². The first-order valence-electron chi connectivity index (χ1n) is 22.3. The number of hydrogen-bond donors (Lipinski definition) is 10. The molecular weight excluding hydrogens is 957 g/mol. The molecule has 2 aromatic rings. The smallest absolute Gasteiger partial charge is 0.350 e. The van der Waals surface area contributed by atoms with E-state index in [0.29, 0.717) is 37.3 Å². The number of benzene rings is 2. The van der Waals surface area contributed by atoms with Crippen molar-refractivity contribution in [3.63, 3.8) is 0 Å². The Morgan fingerprint density at radius 3 is 1.27 bits per heavy atom. The Morgan fingerprint density at radius 1 is 0.614 bits per heavy atom. The monoisotopic (exact) mass is 1010 g/mol. The summed E-state index contributed by atoms with van der Waals surface area (Å²) >= 11 is 2.76. The Labute approximate surface area is 410 Å². The summed E-state index contributed by atoms with van der Waals surface area (Å²) in [5.41, 5.74) is 0.715. The lowest BCUT2D eigenvalue weighted by molar-refractivity contribution is -0.151. The van der Waals surface area contributed by atoms with Gasteiger partial charge < -0.3 is 61.4 Å². The normalized spacial score (nSPS) is 27.5. The third-order valence-electron chi connectivity index (χ3n) is 12.6. The summed E-state index contributed by atoms with van der Waals surface area (Å²) in [7, 11) is 2.41. The first-order chi connectivity index (χ1) is 33.1. The fraction of sp³-hybridized carbons (Fsp3) is 0.522. The first-order valence-corrected chi connectivity index (χ1v) is 24.1. The fourth-order valence-corrected chi connectivity index (χ4v) is 12.2. The molecule has 4 aliphatic heterocycles. The summed E-state index contributed by atoms with van der Waals surface area (Å²) in [4.78, 5) is 105. The number of hydrogen-bond acceptors (Lipinski definition) is 18. The predicted octanol–water partition coefficient (Wildman–Crippen LogP) is 1.74. The first kappa shape index (κ1) is 55.0. The molecule has 2 amide bonds. The largest absolute Gasteiger partial charge is 0.478 e. The van der Waals surface area contributed by atoms with Crippen molar-refractivity contribution < 1.29 is 78.5 Å². The van der Waals surface area contributed by atoms with Crippen molar-refractivity contribution in [3.05, 3.63) is 59.7 Å². The molecule has 70 heavy (non-hydrogen) atoms. The van der Waals surface area contributed by atoms with Crippen molar-refractivity contribution in [3.8, 4) is 0 Å². The van der Waals surface area contributed by atoms with Gasteiger partial charge in [-0.3, -0.25) is 29.2 Å². The molecule has 0 bridgehead atoms. The van der Waals surface area contributed by atoms with Gasteiger partial charge in [-0.1, -0.05) is 26.0 Å². The van der Waals surface area contributed by atoms with Gasteiger partial charge in [-0.25, -0.2) is 19.2 Å². The highest BCUT2D eigenvalue weighted by Gasteiger charge is 2.50. The molecule has 0 radical (unpaired) electrons. The van der Waals surface area contributed by atoms with Crippen molar-refractivity contribution in [2.24, 2.45) is 33.7 Å². The van der Waals surface area contributed by atoms with Crippen LogP contribution in [0.15, 0.2) is 58.5 Å². The van der Waals surface area contributed by atoms with Gasteiger partial charge in [0, 0.05) is 35.0 Å². The van der Waals surface area contributed by atoms with Crippen LogP contribution in [0.2, 0.25) is 0 Å². The molecule has 2 saturated heterocycles. The van der Waals surface area contributed by atoms with Gasteiger partial charge in [0.2, 0.25) is 11.8 Å². The molecule has 0 aliphatic carbocycles. The summed E-state index contributed by atoms with van der Waals surface area (Å²) in [5, 5.41) is 68.4. The van der Waals surface area contributed by atoms with Gasteiger partial charge in [0.1, 0.15) is 23.3 Å². The highest BCUT2D eigenvalue weighted by atomic mass is 32.2. The molecule has 2 unspecified atom stereocenters. The van der Waals surface area contributed by atoms with Crippen molar-refractivity contribution in [2.75, 3.05) is 37.9 Å². The molecule has 0 saturated carbocycles. The average molecular weight is 1020 g/mol. The van der Waals surface area contributed by atoms with Crippen LogP contribution >= 0.6 is 23.5 Å². The van der Waals surface area contributed by atoms with E-state index in [1.54, 1.807) is 38.1 Å². The number of aliphatic imine (C=N–C) groups is 2. The fourth-order valence-electron chi connectivity index (χ4n) is 8.97. The number of amides is 2. The number of ether oxygens (including phenoxy) is 2. The minimum atomic E-state index is -1.19. The zero-order valence-electron chi connectivity index (χ0n) is 39.0. The van der Waals surface area contributed by atoms with E-state index < -0.39 is 94.5 Å². The maximum absolute atomic E-state index is 12.7. The number of rotatable bonds is 18. The zero-order valence-corrected chi connectivity index (χ0v) is 40.6. The van der Waals surface area contributed by atoms with Gasteiger partial charge in [-0.15, -0.1) is 23.5 Å². The number of nitrogens with one attached hydrogen (secondary N) is 4. The second kappa shape index (κ2) is 24.3. The number of nitrogens with zero attached hydrogens (tertiary/aromatic N) is 2. The van der Waals surface area contributed by atoms with Crippen LogP contribution in [0.3, 0.4) is 0 Å². The van der Waals surface area contributed by atoms with Gasteiger partial charge in [-0.05, 0) is 74.9 Å². The molecule has 10 N–H and O–H groups in total. The van der Waals surface area contributed by atoms with Crippen molar-refractivity contribution in [1.82, 2.24) is 10.6 Å². The molecule has 2 aromatic carbocycles. The van der Waals surface area contributed by atoms with Crippen molar-refractivity contribution >= 4 is 94.0 Å². The molecule has 6 rings (SSSR count). The summed E-state index contributed by atoms with van der Waals surface area (Å²) in [6, 6.07) is 9.30. The summed E-state index contributed by atoms with van der Waals surface area (Å²) in [6.45, 7) is 7.39. The second-order valence-electron chi connectivity index (χ2n) is 17.4. The number of carbonyl (C=O) groups excluding carboxylic acids is 4. The Morgan fingerprint density at radius 2 is 0.971 bits per heavy atom. The molecule has 4 heterocycles. The number of thioether (sulfide) groups is 2. The van der Waals surface area contributed by atoms with Crippen LogP contribution in [0.4, 0.5) is 11.4 Å². The van der Waals surface area contributed by atoms with E-state index in [0.717, 1.165) is 0 Å². The third kappa shape index (κ3) is 13.3. The number of aliphatic hydroxyl groups is 2. The zero-order chi connectivity index (χ0) is 51.7. The third-order valence-corrected chi connectivity index (χ3v) is 15.9. The van der Waals surface area contributed by atoms with Gasteiger partial charge in [0.15, 0.2) is 0 Å². The molecule has 14 atom stereocenters. The highest BCUT2D eigenvalue weighted by Crippen LogP contribution is 2.41. The standard InChI is InChI=1S/2C23H29N3O8S/c2*1-10-17(16(11(2)27)23(33)34-3)26-18(22(31)32)19(10)35-14-8-15(24-9-14)20(28)25-13-6-4-5-12(7-13)21(29)30/h2*4-7,10-11,14-17,19,24,27H,8-9H2,1-3H3,(H,25,28)(H,29,30)(H,31,32)/t10-,11-,14+,15+,16?,17-,19+;10-,11-,14-,15-,16?,17-,19-/m11/s1. The van der Waals surface area contributed by atoms with E-state index in [4.69, 9.17) is 19.7 Å². The quantitative estimate of drug-likeness (QED) is 0.0951. The topological polar surface area (TPSA) is 349 Å². The molecule has 0 aromatic heterocycles. The van der Waals surface area contributed by atoms with Gasteiger partial charge in [0.05, 0.1) is 72.2 Å². The Balaban J connectivity index is 0.000000261. The number of carboxylic acid groups (broad SMARTS) is 4. The number of anilines is 2. The Bertz CT molecular complexity index is 2220. The lowest BCUT2D eigenvalue weighted by Gasteiger charge is -2.28. The van der Waals surface area contributed by atoms with Gasteiger partial charge in [-0.2, -0.15) is 0 Å². The summed E-state index contributed by atoms with van der Waals surface area (Å²) in [5.74, 6) is -9.22. The van der Waals surface area contributed by atoms with E-state index in [-0.39, 0.29) is 56.7 Å². The number of aliphatic carboxylic acids is 2. The number of carbonyl (C=O) groups is 8. The lowest BCUT2D eigenvalue weighted by Crippen LogP contribution is -2.40. The van der Waals surface area contributed by atoms with E-state index in [1.165, 1.54) is 75.9 Å². The van der Waals surface area contributed by atoms with E-state index in [2.05, 4.69) is 31.3 Å². The second-order valence-corrected chi connectivity index (χ2v) is 20.3. The molecule has 22 nitrogen and oxygen atoms in total. The summed E-state index contributed by atoms with van der Waals surface area (Å²) < 4.78 is 9.60. The summed E-state index contributed by atoms with van der Waals surface area (Å²) in [6.07, 6.45) is -1.30. The van der Waals surface area contributed by atoms with Crippen LogP contribution < -0.4 is 21.3 Å². The number of aliphatic hydroxyl groups excluding tert-OH is 2. The lowest BCUT2D eigenvalue weighted by atomic mass is 9.86. The van der Waals surface area contributed by atoms with Crippen LogP contribution in [0.25, 0.3) is 0 Å². The van der Waals surface area contributed by atoms with Crippen LogP contribution in [-0.2, 0) is 38.2 Å². The van der Waals surface area contributed by atoms with E-state index in [9.17, 15) is 58.8 Å². The maximum atomic E-state index is 12.7. The van der Waals surface area contributed by atoms with Gasteiger partial charge in [0.25, 0.3) is 0 Å². The highest BCUT2D eigenvalue weighted by molar-refractivity contribution is 8.01. The molecule has 380 valence electrons. The number of aromatic carboxylic acids is 2. The Hall–Kier alpha value is -5.92. The molecular formula is C46H58N6O16S2. The number of methoxy groups -OCH3 is 2. The van der Waals surface area contributed by atoms with Crippen LogP contribution in [0, 0.1) is 23.7 Å². The van der Waals surface area contributed by atoms with Crippen molar-refractivity contribution in [1.29, 1.82) is 0 Å². The maximum Gasteiger partial charge on any atom is 0.350 e. The molecule has 24 heteroatoms. The minimum Gasteiger partial charge on any atom is -0.478 e. The number of carboxylic acids is 4. The van der Waals surface area contributed by atoms with E-state index >= 15 is 0 Å². The molecule has 0 spiro atoms. The SMILES string of the molecule is COC(=O)C([C@@H](C)O)[C@@H]1N=C(C(=O)O)[C@@H](S[C@@H]2CN[C@H](C(=O)Nc3cccc(C(=O)O)c3)C2)[C@@H]1C.COC(=O)C([C@@H](C)O)[C@@H]1N=C(C(=O)O)[C@H](S[C@H]2CN[C@@H](C(=O)Nc3cccc(C(=O)O)c3)C2)[C@@H]1C. The van der Waals surface area contributed by atoms with E-state index in [1.807, 2.05) is 0 Å². The van der Waals surface area contributed by atoms with Crippen molar-refractivity contribution in [2.45, 2.75) is 97.9 Å². The predicted molar refractivity (Wildman–Crippen MR) is 258 cm³/mol. The Kier molecular flexibility index (Phi) is 19.1. The number of esters is 2. The van der Waals surface area contributed by atoms with Gasteiger partial charge >= 0.3 is 35.8 Å². The minimum absolute atomic E-state index is 0.0586. The van der Waals surface area contributed by atoms with Crippen LogP contribution in [0.5, 0.6) is 0 Å².